The van der Waals surface area contributed by atoms with Crippen LogP contribution >= 0.6 is 0 Å². The van der Waals surface area contributed by atoms with E-state index in [1.165, 1.54) is 18.5 Å². The highest BCUT2D eigenvalue weighted by Crippen LogP contribution is 2.36. The van der Waals surface area contributed by atoms with E-state index in [0.29, 0.717) is 31.7 Å². The minimum atomic E-state index is -4.37. The topological polar surface area (TPSA) is 80.3 Å². The quantitative estimate of drug-likeness (QED) is 0.473. The van der Waals surface area contributed by atoms with Crippen molar-refractivity contribution in [1.82, 2.24) is 19.4 Å². The van der Waals surface area contributed by atoms with E-state index in [-0.39, 0.29) is 25.0 Å². The maximum absolute atomic E-state index is 14.9. The van der Waals surface area contributed by atoms with Gasteiger partial charge in [-0.25, -0.2) is 14.4 Å². The molecule has 3 aromatic rings. The minimum Gasteiger partial charge on any atom is -0.369 e. The first-order valence-electron chi connectivity index (χ1n) is 12.1. The Labute approximate surface area is 205 Å². The van der Waals surface area contributed by atoms with Gasteiger partial charge in [0, 0.05) is 37.8 Å². The van der Waals surface area contributed by atoms with E-state index in [0.717, 1.165) is 41.7 Å². The zero-order chi connectivity index (χ0) is 25.4. The molecule has 1 saturated carbocycles. The molecule has 1 amide bonds. The molecule has 2 fully saturated rings. The molecule has 2 aliphatic rings. The Bertz CT molecular complexity index is 1220. The van der Waals surface area contributed by atoms with E-state index in [9.17, 15) is 22.4 Å². The monoisotopic (exact) mass is 504 g/mol. The van der Waals surface area contributed by atoms with E-state index in [4.69, 9.17) is 5.73 Å². The Balaban J connectivity index is 1.34. The number of nitrogens with two attached hydrogens (primary N) is 1. The molecule has 192 valence electrons. The highest BCUT2D eigenvalue weighted by molar-refractivity contribution is 5.88. The van der Waals surface area contributed by atoms with E-state index >= 15 is 0 Å². The molecule has 1 aliphatic heterocycles. The minimum absolute atomic E-state index is 0.0616. The number of benzene rings is 1. The third kappa shape index (κ3) is 5.30. The van der Waals surface area contributed by atoms with Crippen LogP contribution in [0.3, 0.4) is 0 Å². The molecular formula is C25H28F4N6O. The number of alkyl halides is 4. The van der Waals surface area contributed by atoms with Crippen molar-refractivity contribution in [3.8, 4) is 0 Å². The smallest absolute Gasteiger partial charge is 0.369 e. The van der Waals surface area contributed by atoms with Gasteiger partial charge in [0.05, 0.1) is 17.5 Å². The van der Waals surface area contributed by atoms with Gasteiger partial charge in [-0.15, -0.1) is 0 Å². The fourth-order valence-corrected chi connectivity index (χ4v) is 4.96. The summed E-state index contributed by atoms with van der Waals surface area (Å²) in [4.78, 5) is 24.0. The average molecular weight is 505 g/mol. The fourth-order valence-electron chi connectivity index (χ4n) is 4.96. The standard InChI is InChI=1S/C25H28F4N6O/c26-21-13-33(14-22(30)36)9-7-17(21)12-34-10-8-20-23(34)31-15-32-24(20)35(19-5-6-19)11-16-1-3-18(4-2-16)25(27,28)29/h1-4,8,10,15,17,19,21H,5-7,9,11-14H2,(H2,30,36). The molecule has 3 heterocycles. The lowest BCUT2D eigenvalue weighted by Gasteiger charge is -2.34. The van der Waals surface area contributed by atoms with Crippen molar-refractivity contribution in [1.29, 1.82) is 0 Å². The van der Waals surface area contributed by atoms with Crippen molar-refractivity contribution in [2.75, 3.05) is 24.5 Å². The zero-order valence-electron chi connectivity index (χ0n) is 19.7. The summed E-state index contributed by atoms with van der Waals surface area (Å²) in [6.07, 6.45) is 0.495. The van der Waals surface area contributed by atoms with E-state index in [1.54, 1.807) is 4.90 Å². The summed E-state index contributed by atoms with van der Waals surface area (Å²) in [7, 11) is 0. The third-order valence-electron chi connectivity index (χ3n) is 7.00. The number of primary amides is 1. The van der Waals surface area contributed by atoms with Crippen LogP contribution in [0, 0.1) is 5.92 Å². The molecule has 1 saturated heterocycles. The normalized spacial score (nSPS) is 21.1. The highest BCUT2D eigenvalue weighted by atomic mass is 19.4. The summed E-state index contributed by atoms with van der Waals surface area (Å²) in [6.45, 7) is 1.73. The largest absolute Gasteiger partial charge is 0.416 e. The van der Waals surface area contributed by atoms with Crippen molar-refractivity contribution < 1.29 is 22.4 Å². The molecule has 0 bridgehead atoms. The number of piperidine rings is 1. The van der Waals surface area contributed by atoms with Crippen molar-refractivity contribution >= 4 is 22.8 Å². The van der Waals surface area contributed by atoms with Crippen LogP contribution in [-0.4, -0.2) is 57.2 Å². The lowest BCUT2D eigenvalue weighted by molar-refractivity contribution is -0.137. The van der Waals surface area contributed by atoms with Gasteiger partial charge in [-0.2, -0.15) is 13.2 Å². The number of likely N-dealkylation sites (tertiary alicyclic amines) is 1. The Kier molecular flexibility index (Phi) is 6.59. The summed E-state index contributed by atoms with van der Waals surface area (Å²) in [5.41, 5.74) is 6.04. The molecule has 36 heavy (non-hydrogen) atoms. The van der Waals surface area contributed by atoms with Crippen LogP contribution in [-0.2, 0) is 24.1 Å². The third-order valence-corrected chi connectivity index (χ3v) is 7.00. The van der Waals surface area contributed by atoms with Gasteiger partial charge in [-0.1, -0.05) is 12.1 Å². The van der Waals surface area contributed by atoms with Gasteiger partial charge in [0.25, 0.3) is 0 Å². The number of carbonyl (C=O) groups is 1. The Morgan fingerprint density at radius 3 is 2.50 bits per heavy atom. The second kappa shape index (κ2) is 9.68. The fraction of sp³-hybridized carbons (Fsp3) is 0.480. The molecule has 2 aromatic heterocycles. The van der Waals surface area contributed by atoms with Gasteiger partial charge >= 0.3 is 6.18 Å². The number of amides is 1. The molecule has 2 unspecified atom stereocenters. The summed E-state index contributed by atoms with van der Waals surface area (Å²) >= 11 is 0. The van der Waals surface area contributed by atoms with Crippen molar-refractivity contribution in [2.45, 2.75) is 50.7 Å². The number of nitrogens with zero attached hydrogens (tertiary/aromatic N) is 5. The van der Waals surface area contributed by atoms with E-state index < -0.39 is 23.8 Å². The Morgan fingerprint density at radius 1 is 1.11 bits per heavy atom. The summed E-state index contributed by atoms with van der Waals surface area (Å²) < 4.78 is 55.7. The molecule has 11 heteroatoms. The molecular weight excluding hydrogens is 476 g/mol. The van der Waals surface area contributed by atoms with Gasteiger partial charge in [-0.05, 0) is 49.6 Å². The Hall–Kier alpha value is -3.21. The van der Waals surface area contributed by atoms with Crippen LogP contribution in [0.15, 0.2) is 42.9 Å². The van der Waals surface area contributed by atoms with E-state index in [2.05, 4.69) is 14.9 Å². The molecule has 1 aromatic carbocycles. The highest BCUT2D eigenvalue weighted by Gasteiger charge is 2.34. The molecule has 1 aliphatic carbocycles. The first kappa shape index (κ1) is 24.5. The van der Waals surface area contributed by atoms with Gasteiger partial charge in [0.15, 0.2) is 0 Å². The number of hydrogen-bond acceptors (Lipinski definition) is 5. The number of rotatable bonds is 8. The van der Waals surface area contributed by atoms with Crippen LogP contribution < -0.4 is 10.6 Å². The van der Waals surface area contributed by atoms with Crippen LogP contribution in [0.25, 0.3) is 11.0 Å². The van der Waals surface area contributed by atoms with Gasteiger partial charge < -0.3 is 15.2 Å². The van der Waals surface area contributed by atoms with Crippen molar-refractivity contribution in [2.24, 2.45) is 11.7 Å². The number of carbonyl (C=O) groups excluding carboxylic acids is 1. The first-order valence-corrected chi connectivity index (χ1v) is 12.1. The van der Waals surface area contributed by atoms with Crippen LogP contribution in [0.2, 0.25) is 0 Å². The van der Waals surface area contributed by atoms with Crippen molar-refractivity contribution in [3.05, 3.63) is 54.0 Å². The number of halogens is 4. The zero-order valence-corrected chi connectivity index (χ0v) is 19.7. The van der Waals surface area contributed by atoms with Crippen LogP contribution in [0.4, 0.5) is 23.4 Å². The van der Waals surface area contributed by atoms with Gasteiger partial charge in [-0.3, -0.25) is 9.69 Å². The van der Waals surface area contributed by atoms with E-state index in [1.807, 2.05) is 16.8 Å². The molecule has 2 N–H and O–H groups in total. The lowest BCUT2D eigenvalue weighted by atomic mass is 9.94. The molecule has 2 atom stereocenters. The summed E-state index contributed by atoms with van der Waals surface area (Å²) in [6, 6.07) is 7.41. The molecule has 7 nitrogen and oxygen atoms in total. The second-order valence-electron chi connectivity index (χ2n) is 9.72. The number of fused-ring (bicyclic) bond motifs is 1. The van der Waals surface area contributed by atoms with Crippen molar-refractivity contribution in [3.63, 3.8) is 0 Å². The number of aromatic nitrogens is 3. The first-order chi connectivity index (χ1) is 17.2. The van der Waals surface area contributed by atoms with Gasteiger partial charge in [0.2, 0.25) is 5.91 Å². The molecule has 5 rings (SSSR count). The summed E-state index contributed by atoms with van der Waals surface area (Å²) in [5, 5.41) is 0.831. The second-order valence-corrected chi connectivity index (χ2v) is 9.72. The van der Waals surface area contributed by atoms with Crippen LogP contribution in [0.1, 0.15) is 30.4 Å². The molecule has 0 radical (unpaired) electrons. The SMILES string of the molecule is NC(=O)CN1CCC(Cn2ccc3c(N(Cc4ccc(C(F)(F)F)cc4)C4CC4)ncnc32)C(F)C1. The number of hydrogen-bond donors (Lipinski definition) is 1. The maximum atomic E-state index is 14.9. The Morgan fingerprint density at radius 2 is 1.86 bits per heavy atom. The van der Waals surface area contributed by atoms with Crippen LogP contribution in [0.5, 0.6) is 0 Å². The maximum Gasteiger partial charge on any atom is 0.416 e. The van der Waals surface area contributed by atoms with Gasteiger partial charge in [0.1, 0.15) is 24.0 Å². The summed E-state index contributed by atoms with van der Waals surface area (Å²) in [5.74, 6) is 0.0573. The lowest BCUT2D eigenvalue weighted by Crippen LogP contribution is -2.46. The average Bonchev–Trinajstić information content (AvgIpc) is 3.59. The number of anilines is 1. The predicted octanol–water partition coefficient (Wildman–Crippen LogP) is 3.76. The predicted molar refractivity (Wildman–Crippen MR) is 127 cm³/mol. The molecule has 0 spiro atoms.